The Morgan fingerprint density at radius 2 is 1.62 bits per heavy atom. The second-order valence-electron chi connectivity index (χ2n) is 6.34. The first-order valence-electron chi connectivity index (χ1n) is 8.53. The Bertz CT molecular complexity index is 637. The lowest BCUT2D eigenvalue weighted by Crippen LogP contribution is -2.45. The van der Waals surface area contributed by atoms with Crippen LogP contribution in [0.25, 0.3) is 0 Å². The summed E-state index contributed by atoms with van der Waals surface area (Å²) in [4.78, 5) is 14.5. The topological polar surface area (TPSA) is 52.6 Å². The van der Waals surface area contributed by atoms with E-state index in [9.17, 15) is 9.90 Å². The summed E-state index contributed by atoms with van der Waals surface area (Å²) in [5.41, 5.74) is 1.66. The minimum atomic E-state index is -0.457. The fourth-order valence-corrected chi connectivity index (χ4v) is 3.14. The molecule has 1 unspecified atom stereocenters. The zero-order valence-electron chi connectivity index (χ0n) is 13.8. The number of amides is 1. The van der Waals surface area contributed by atoms with Crippen molar-refractivity contribution in [3.63, 3.8) is 0 Å². The monoisotopic (exact) mass is 324 g/mol. The predicted molar refractivity (Wildman–Crippen MR) is 94.8 cm³/mol. The van der Waals surface area contributed by atoms with Gasteiger partial charge >= 0.3 is 0 Å². The lowest BCUT2D eigenvalue weighted by molar-refractivity contribution is 0.0828. The molecule has 4 heteroatoms. The van der Waals surface area contributed by atoms with Crippen LogP contribution in [0, 0.1) is 0 Å². The van der Waals surface area contributed by atoms with Gasteiger partial charge in [0.1, 0.15) is 0 Å². The van der Waals surface area contributed by atoms with E-state index in [-0.39, 0.29) is 11.9 Å². The number of hydrogen-bond donors (Lipinski definition) is 2. The first kappa shape index (κ1) is 16.7. The van der Waals surface area contributed by atoms with Crippen LogP contribution >= 0.6 is 0 Å². The van der Waals surface area contributed by atoms with E-state index in [4.69, 9.17) is 0 Å². The van der Waals surface area contributed by atoms with Gasteiger partial charge in [-0.15, -0.1) is 0 Å². The summed E-state index contributed by atoms with van der Waals surface area (Å²) in [6.07, 6.45) is 1.38. The van der Waals surface area contributed by atoms with Crippen molar-refractivity contribution in [3.05, 3.63) is 71.8 Å². The molecule has 1 heterocycles. The Balaban J connectivity index is 1.45. The maximum absolute atomic E-state index is 12.2. The van der Waals surface area contributed by atoms with E-state index in [1.807, 2.05) is 60.7 Å². The van der Waals surface area contributed by atoms with Crippen LogP contribution < -0.4 is 5.32 Å². The van der Waals surface area contributed by atoms with E-state index < -0.39 is 6.10 Å². The third kappa shape index (κ3) is 4.43. The number of carbonyl (C=O) groups excluding carboxylic acids is 1. The molecule has 0 aliphatic carbocycles. The smallest absolute Gasteiger partial charge is 0.251 e. The first-order valence-corrected chi connectivity index (χ1v) is 8.53. The van der Waals surface area contributed by atoms with E-state index in [0.717, 1.165) is 31.5 Å². The number of aliphatic hydroxyl groups is 1. The third-order valence-corrected chi connectivity index (χ3v) is 4.57. The van der Waals surface area contributed by atoms with Gasteiger partial charge in [0.2, 0.25) is 0 Å². The van der Waals surface area contributed by atoms with Crippen molar-refractivity contribution in [2.45, 2.75) is 25.0 Å². The molecule has 1 saturated heterocycles. The molecule has 0 saturated carbocycles. The minimum Gasteiger partial charge on any atom is -0.387 e. The molecule has 126 valence electrons. The number of nitrogens with zero attached hydrogens (tertiary/aromatic N) is 1. The fourth-order valence-electron chi connectivity index (χ4n) is 3.14. The van der Waals surface area contributed by atoms with Crippen LogP contribution in [0.1, 0.15) is 34.9 Å². The number of likely N-dealkylation sites (tertiary alicyclic amines) is 1. The highest BCUT2D eigenvalue weighted by molar-refractivity contribution is 5.94. The highest BCUT2D eigenvalue weighted by Gasteiger charge is 2.22. The normalized spacial score (nSPS) is 17.4. The Morgan fingerprint density at radius 3 is 2.25 bits per heavy atom. The molecular formula is C20H24N2O2. The summed E-state index contributed by atoms with van der Waals surface area (Å²) in [6.45, 7) is 2.43. The largest absolute Gasteiger partial charge is 0.387 e. The summed E-state index contributed by atoms with van der Waals surface area (Å²) < 4.78 is 0. The molecule has 4 nitrogen and oxygen atoms in total. The highest BCUT2D eigenvalue weighted by atomic mass is 16.3. The quantitative estimate of drug-likeness (QED) is 0.889. The van der Waals surface area contributed by atoms with Gasteiger partial charge in [0.25, 0.3) is 5.91 Å². The molecule has 0 radical (unpaired) electrons. The van der Waals surface area contributed by atoms with Crippen molar-refractivity contribution < 1.29 is 9.90 Å². The van der Waals surface area contributed by atoms with Crippen LogP contribution in [-0.2, 0) is 0 Å². The second-order valence-corrected chi connectivity index (χ2v) is 6.34. The van der Waals surface area contributed by atoms with Gasteiger partial charge in [-0.25, -0.2) is 0 Å². The lowest BCUT2D eigenvalue weighted by Gasteiger charge is -2.33. The zero-order chi connectivity index (χ0) is 16.8. The number of rotatable bonds is 5. The molecule has 1 aliphatic rings. The van der Waals surface area contributed by atoms with Gasteiger partial charge in [0.15, 0.2) is 0 Å². The molecule has 24 heavy (non-hydrogen) atoms. The van der Waals surface area contributed by atoms with Crippen molar-refractivity contribution >= 4 is 5.91 Å². The third-order valence-electron chi connectivity index (χ3n) is 4.57. The molecule has 2 aromatic rings. The Labute approximate surface area is 143 Å². The number of β-amino-alcohol motifs (C(OH)–C–C–N with tert-alkyl or cyclic N) is 1. The van der Waals surface area contributed by atoms with Gasteiger partial charge < -0.3 is 15.3 Å². The Hall–Kier alpha value is -2.17. The van der Waals surface area contributed by atoms with Crippen LogP contribution in [0.4, 0.5) is 0 Å². The predicted octanol–water partition coefficient (Wildman–Crippen LogP) is 2.61. The minimum absolute atomic E-state index is 0.00151. The average molecular weight is 324 g/mol. The van der Waals surface area contributed by atoms with Crippen molar-refractivity contribution in [2.75, 3.05) is 19.6 Å². The van der Waals surface area contributed by atoms with Crippen LogP contribution in [0.15, 0.2) is 60.7 Å². The van der Waals surface area contributed by atoms with Crippen molar-refractivity contribution in [1.29, 1.82) is 0 Å². The zero-order valence-corrected chi connectivity index (χ0v) is 13.8. The van der Waals surface area contributed by atoms with Crippen LogP contribution in [0.5, 0.6) is 0 Å². The second kappa shape index (κ2) is 8.08. The summed E-state index contributed by atoms with van der Waals surface area (Å²) >= 11 is 0. The molecule has 1 aliphatic heterocycles. The molecule has 3 rings (SSSR count). The standard InChI is InChI=1S/C20H24N2O2/c23-19(16-7-3-1-4-8-16)15-22-13-11-18(12-14-22)21-20(24)17-9-5-2-6-10-17/h1-10,18-19,23H,11-15H2,(H,21,24). The molecular weight excluding hydrogens is 300 g/mol. The number of aliphatic hydroxyl groups excluding tert-OH is 1. The molecule has 1 amide bonds. The van der Waals surface area contributed by atoms with Gasteiger partial charge in [-0.05, 0) is 30.5 Å². The number of benzene rings is 2. The van der Waals surface area contributed by atoms with E-state index in [0.29, 0.717) is 12.1 Å². The number of piperidine rings is 1. The SMILES string of the molecule is O=C(NC1CCN(CC(O)c2ccccc2)CC1)c1ccccc1. The van der Waals surface area contributed by atoms with Gasteiger partial charge in [0, 0.05) is 31.2 Å². The summed E-state index contributed by atoms with van der Waals surface area (Å²) in [5.74, 6) is -0.00151. The van der Waals surface area contributed by atoms with E-state index in [1.165, 1.54) is 0 Å². The number of carbonyl (C=O) groups is 1. The molecule has 1 fully saturated rings. The molecule has 1 atom stereocenters. The fraction of sp³-hybridized carbons (Fsp3) is 0.350. The van der Waals surface area contributed by atoms with Crippen LogP contribution in [-0.4, -0.2) is 41.6 Å². The van der Waals surface area contributed by atoms with Gasteiger partial charge in [-0.1, -0.05) is 48.5 Å². The van der Waals surface area contributed by atoms with Crippen molar-refractivity contribution in [1.82, 2.24) is 10.2 Å². The highest BCUT2D eigenvalue weighted by Crippen LogP contribution is 2.17. The molecule has 0 bridgehead atoms. The van der Waals surface area contributed by atoms with Gasteiger partial charge in [-0.3, -0.25) is 4.79 Å². The maximum Gasteiger partial charge on any atom is 0.251 e. The maximum atomic E-state index is 12.2. The van der Waals surface area contributed by atoms with E-state index in [2.05, 4.69) is 10.2 Å². The average Bonchev–Trinajstić information content (AvgIpc) is 2.65. The van der Waals surface area contributed by atoms with Crippen molar-refractivity contribution in [2.24, 2.45) is 0 Å². The number of hydrogen-bond acceptors (Lipinski definition) is 3. The Kier molecular flexibility index (Phi) is 5.62. The lowest BCUT2D eigenvalue weighted by atomic mass is 10.0. The summed E-state index contributed by atoms with van der Waals surface area (Å²) in [6, 6.07) is 19.3. The van der Waals surface area contributed by atoms with Crippen LogP contribution in [0.2, 0.25) is 0 Å². The van der Waals surface area contributed by atoms with E-state index >= 15 is 0 Å². The van der Waals surface area contributed by atoms with Crippen LogP contribution in [0.3, 0.4) is 0 Å². The van der Waals surface area contributed by atoms with E-state index in [1.54, 1.807) is 0 Å². The summed E-state index contributed by atoms with van der Waals surface area (Å²) in [5, 5.41) is 13.4. The van der Waals surface area contributed by atoms with Crippen molar-refractivity contribution in [3.8, 4) is 0 Å². The summed E-state index contributed by atoms with van der Waals surface area (Å²) in [7, 11) is 0. The molecule has 2 aromatic carbocycles. The first-order chi connectivity index (χ1) is 11.7. The molecule has 0 spiro atoms. The molecule has 2 N–H and O–H groups in total. The van der Waals surface area contributed by atoms with Gasteiger partial charge in [-0.2, -0.15) is 0 Å². The Morgan fingerprint density at radius 1 is 1.04 bits per heavy atom. The molecule has 0 aromatic heterocycles. The van der Waals surface area contributed by atoms with Gasteiger partial charge in [0.05, 0.1) is 6.10 Å². The number of nitrogens with one attached hydrogen (secondary N) is 1.